The van der Waals surface area contributed by atoms with Crippen molar-refractivity contribution in [3.05, 3.63) is 24.0 Å². The van der Waals surface area contributed by atoms with Gasteiger partial charge in [-0.3, -0.25) is 4.79 Å². The number of carbonyl (C=O) groups excluding carboxylic acids is 1. The molecule has 0 unspecified atom stereocenters. The van der Waals surface area contributed by atoms with E-state index < -0.39 is 5.41 Å². The Morgan fingerprint density at radius 3 is 2.30 bits per heavy atom. The molecule has 54 valence electrons. The van der Waals surface area contributed by atoms with Gasteiger partial charge in [0.1, 0.15) is 0 Å². The van der Waals surface area contributed by atoms with Crippen LogP contribution in [-0.2, 0) is 4.79 Å². The number of carbonyl (C=O) groups is 1. The molecule has 0 aromatic carbocycles. The van der Waals surface area contributed by atoms with Crippen LogP contribution in [0.15, 0.2) is 24.0 Å². The monoisotopic (exact) mass is 138 g/mol. The molecule has 2 heteroatoms. The number of rotatable bonds is 0. The van der Waals surface area contributed by atoms with Gasteiger partial charge in [-0.2, -0.15) is 0 Å². The fraction of sp³-hybridized carbons (Fsp3) is 0.375. The lowest BCUT2D eigenvalue weighted by Gasteiger charge is -2.15. The minimum Gasteiger partial charge on any atom is -0.515 e. The third-order valence-electron chi connectivity index (χ3n) is 1.89. The van der Waals surface area contributed by atoms with Gasteiger partial charge in [-0.25, -0.2) is 0 Å². The van der Waals surface area contributed by atoms with Crippen LogP contribution in [0, 0.1) is 5.41 Å². The standard InChI is InChI=1S/C8H10O2/c1-8(2)6(5-9)3-4-7(8)10/h3-5,9H,1-2H3/b6-5+. The first-order chi connectivity index (χ1) is 4.59. The summed E-state index contributed by atoms with van der Waals surface area (Å²) in [5.74, 6) is 0.0489. The molecule has 10 heavy (non-hydrogen) atoms. The minimum absolute atomic E-state index is 0.0489. The summed E-state index contributed by atoms with van der Waals surface area (Å²) in [4.78, 5) is 11.0. The topological polar surface area (TPSA) is 37.3 Å². The van der Waals surface area contributed by atoms with Crippen LogP contribution >= 0.6 is 0 Å². The molecule has 0 aromatic rings. The normalized spacial score (nSPS) is 26.2. The van der Waals surface area contributed by atoms with Crippen molar-refractivity contribution in [2.75, 3.05) is 0 Å². The fourth-order valence-corrected chi connectivity index (χ4v) is 0.929. The van der Waals surface area contributed by atoms with Crippen molar-refractivity contribution in [1.82, 2.24) is 0 Å². The van der Waals surface area contributed by atoms with Gasteiger partial charge in [-0.1, -0.05) is 6.08 Å². The van der Waals surface area contributed by atoms with Crippen molar-refractivity contribution in [1.29, 1.82) is 0 Å². The Labute approximate surface area is 59.9 Å². The molecule has 1 aliphatic carbocycles. The highest BCUT2D eigenvalue weighted by Crippen LogP contribution is 2.33. The molecule has 0 aromatic heterocycles. The van der Waals surface area contributed by atoms with Gasteiger partial charge in [-0.05, 0) is 25.5 Å². The summed E-state index contributed by atoms with van der Waals surface area (Å²) >= 11 is 0. The zero-order valence-electron chi connectivity index (χ0n) is 6.09. The summed E-state index contributed by atoms with van der Waals surface area (Å²) in [5, 5.41) is 8.65. The van der Waals surface area contributed by atoms with Crippen LogP contribution in [0.4, 0.5) is 0 Å². The van der Waals surface area contributed by atoms with Crippen LogP contribution in [-0.4, -0.2) is 10.9 Å². The van der Waals surface area contributed by atoms with E-state index in [9.17, 15) is 4.79 Å². The highest BCUT2D eigenvalue weighted by Gasteiger charge is 2.33. The second-order valence-electron chi connectivity index (χ2n) is 2.91. The number of aliphatic hydroxyl groups excluding tert-OH is 1. The van der Waals surface area contributed by atoms with E-state index in [1.165, 1.54) is 6.08 Å². The molecule has 0 bridgehead atoms. The zero-order chi connectivity index (χ0) is 7.78. The summed E-state index contributed by atoms with van der Waals surface area (Å²) in [5.41, 5.74) is 0.159. The van der Waals surface area contributed by atoms with Crippen LogP contribution in [0.5, 0.6) is 0 Å². The fourth-order valence-electron chi connectivity index (χ4n) is 0.929. The third kappa shape index (κ3) is 0.764. The van der Waals surface area contributed by atoms with Gasteiger partial charge in [-0.15, -0.1) is 0 Å². The first-order valence-electron chi connectivity index (χ1n) is 3.16. The quantitative estimate of drug-likeness (QED) is 0.516. The highest BCUT2D eigenvalue weighted by atomic mass is 16.2. The van der Waals surface area contributed by atoms with Crippen molar-refractivity contribution in [2.45, 2.75) is 13.8 Å². The molecular formula is C8H10O2. The van der Waals surface area contributed by atoms with E-state index in [0.717, 1.165) is 6.26 Å². The number of ketones is 1. The summed E-state index contributed by atoms with van der Waals surface area (Å²) in [7, 11) is 0. The predicted molar refractivity (Wildman–Crippen MR) is 38.6 cm³/mol. The smallest absolute Gasteiger partial charge is 0.165 e. The molecule has 2 nitrogen and oxygen atoms in total. The van der Waals surface area contributed by atoms with Gasteiger partial charge in [0.25, 0.3) is 0 Å². The number of hydrogen-bond acceptors (Lipinski definition) is 2. The van der Waals surface area contributed by atoms with Gasteiger partial charge in [0.2, 0.25) is 0 Å². The molecule has 0 spiro atoms. The van der Waals surface area contributed by atoms with Crippen molar-refractivity contribution < 1.29 is 9.90 Å². The summed E-state index contributed by atoms with van der Waals surface area (Å²) in [6, 6.07) is 0. The number of hydrogen-bond donors (Lipinski definition) is 1. The Balaban J connectivity index is 3.05. The van der Waals surface area contributed by atoms with Crippen molar-refractivity contribution in [3.63, 3.8) is 0 Å². The average Bonchev–Trinajstić information content (AvgIpc) is 2.10. The van der Waals surface area contributed by atoms with Gasteiger partial charge in [0.05, 0.1) is 11.7 Å². The molecule has 0 saturated carbocycles. The first kappa shape index (κ1) is 7.06. The molecule has 0 amide bonds. The number of allylic oxidation sites excluding steroid dienone is 3. The Kier molecular flexibility index (Phi) is 1.39. The SMILES string of the molecule is CC1(C)C(=O)C=C/C1=C\O. The molecule has 1 aliphatic rings. The Bertz CT molecular complexity index is 221. The lowest BCUT2D eigenvalue weighted by atomic mass is 9.86. The summed E-state index contributed by atoms with van der Waals surface area (Å²) in [6.07, 6.45) is 4.12. The lowest BCUT2D eigenvalue weighted by Crippen LogP contribution is -2.19. The van der Waals surface area contributed by atoms with Crippen molar-refractivity contribution >= 4 is 5.78 Å². The minimum atomic E-state index is -0.519. The Hall–Kier alpha value is -1.05. The maximum Gasteiger partial charge on any atom is 0.165 e. The molecule has 1 rings (SSSR count). The van der Waals surface area contributed by atoms with Gasteiger partial charge >= 0.3 is 0 Å². The first-order valence-corrected chi connectivity index (χ1v) is 3.16. The summed E-state index contributed by atoms with van der Waals surface area (Å²) in [6.45, 7) is 3.58. The van der Waals surface area contributed by atoms with E-state index in [4.69, 9.17) is 5.11 Å². The second-order valence-corrected chi connectivity index (χ2v) is 2.91. The molecule has 0 radical (unpaired) electrons. The molecule has 0 aliphatic heterocycles. The van der Waals surface area contributed by atoms with Crippen molar-refractivity contribution in [3.8, 4) is 0 Å². The largest absolute Gasteiger partial charge is 0.515 e. The third-order valence-corrected chi connectivity index (χ3v) is 1.89. The highest BCUT2D eigenvalue weighted by molar-refractivity contribution is 6.00. The van der Waals surface area contributed by atoms with E-state index in [1.54, 1.807) is 19.9 Å². The van der Waals surface area contributed by atoms with E-state index in [2.05, 4.69) is 0 Å². The van der Waals surface area contributed by atoms with Crippen LogP contribution in [0.25, 0.3) is 0 Å². The van der Waals surface area contributed by atoms with Crippen LogP contribution in [0.1, 0.15) is 13.8 Å². The molecule has 1 N–H and O–H groups in total. The second kappa shape index (κ2) is 1.97. The van der Waals surface area contributed by atoms with Gasteiger partial charge in [0, 0.05) is 0 Å². The maximum absolute atomic E-state index is 11.0. The van der Waals surface area contributed by atoms with Gasteiger partial charge < -0.3 is 5.11 Å². The van der Waals surface area contributed by atoms with Gasteiger partial charge in [0.15, 0.2) is 5.78 Å². The maximum atomic E-state index is 11.0. The van der Waals surface area contributed by atoms with E-state index in [1.807, 2.05) is 0 Å². The molecular weight excluding hydrogens is 128 g/mol. The van der Waals surface area contributed by atoms with Crippen LogP contribution in [0.2, 0.25) is 0 Å². The predicted octanol–water partition coefficient (Wildman–Crippen LogP) is 1.59. The Morgan fingerprint density at radius 1 is 1.50 bits per heavy atom. The summed E-state index contributed by atoms with van der Waals surface area (Å²) < 4.78 is 0. The average molecular weight is 138 g/mol. The van der Waals surface area contributed by atoms with E-state index in [0.29, 0.717) is 5.57 Å². The van der Waals surface area contributed by atoms with Crippen molar-refractivity contribution in [2.24, 2.45) is 5.41 Å². The number of aliphatic hydroxyl groups is 1. The molecule has 0 heterocycles. The van der Waals surface area contributed by atoms with Crippen LogP contribution in [0.3, 0.4) is 0 Å². The van der Waals surface area contributed by atoms with E-state index in [-0.39, 0.29) is 5.78 Å². The van der Waals surface area contributed by atoms with E-state index >= 15 is 0 Å². The Morgan fingerprint density at radius 2 is 2.10 bits per heavy atom. The zero-order valence-corrected chi connectivity index (χ0v) is 6.09. The van der Waals surface area contributed by atoms with Crippen LogP contribution < -0.4 is 0 Å². The lowest BCUT2D eigenvalue weighted by molar-refractivity contribution is -0.119. The molecule has 0 fully saturated rings. The molecule has 0 atom stereocenters. The molecule has 0 saturated heterocycles.